The summed E-state index contributed by atoms with van der Waals surface area (Å²) in [5.74, 6) is 6.37. The SMILES string of the molecule is NC(/C=C\C=C\C1CCCC2C(C3C=C[C@@H](C4=CC[C@H](C5C=CCCC5)C=C4)CC3)CCCC12)=C1C=NC1. The standard InChI is InChI=1S/C36H48N2/c37-36(32-24-38-25-32)15-5-4-10-30-11-6-14-35-33(30)12-7-13-34(35)31-22-20-29(21-23-31)28-18-16-27(17-19-28)26-8-2-1-3-9-26/h2,4-5,8,10,15-16,18-20,22,24,26-27,29-31,33-35H,1,3,6-7,9,11-14,17,21,23,25,37H2/b10-4+,15-5-,36-32?/t26?,27-,29-,30?,31?,33?,34?,35?/m1/s1. The summed E-state index contributed by atoms with van der Waals surface area (Å²) in [5.41, 5.74) is 9.78. The van der Waals surface area contributed by atoms with Gasteiger partial charge < -0.3 is 5.73 Å². The Labute approximate surface area is 231 Å². The molecule has 2 fully saturated rings. The summed E-state index contributed by atoms with van der Waals surface area (Å²) < 4.78 is 0. The van der Waals surface area contributed by atoms with Crippen LogP contribution in [0.5, 0.6) is 0 Å². The Bertz CT molecular complexity index is 1080. The molecule has 0 aromatic carbocycles. The van der Waals surface area contributed by atoms with E-state index >= 15 is 0 Å². The van der Waals surface area contributed by atoms with Gasteiger partial charge in [0.1, 0.15) is 0 Å². The molecule has 2 saturated carbocycles. The number of nitrogens with two attached hydrogens (primary N) is 1. The minimum absolute atomic E-state index is 0.646. The van der Waals surface area contributed by atoms with Crippen LogP contribution in [0.15, 0.2) is 88.7 Å². The lowest BCUT2D eigenvalue weighted by Gasteiger charge is -2.48. The van der Waals surface area contributed by atoms with Crippen molar-refractivity contribution in [2.45, 2.75) is 77.0 Å². The van der Waals surface area contributed by atoms with E-state index in [2.05, 4.69) is 65.8 Å². The van der Waals surface area contributed by atoms with Crippen LogP contribution in [-0.4, -0.2) is 12.8 Å². The van der Waals surface area contributed by atoms with Gasteiger partial charge in [-0.1, -0.05) is 73.6 Å². The molecule has 5 aliphatic carbocycles. The topological polar surface area (TPSA) is 38.4 Å². The molecule has 0 amide bonds. The van der Waals surface area contributed by atoms with Crippen molar-refractivity contribution in [2.75, 3.05) is 6.54 Å². The van der Waals surface area contributed by atoms with Crippen molar-refractivity contribution in [2.24, 2.45) is 58.1 Å². The molecular weight excluding hydrogens is 460 g/mol. The number of hydrogen-bond donors (Lipinski definition) is 1. The van der Waals surface area contributed by atoms with Crippen molar-refractivity contribution >= 4 is 6.21 Å². The first kappa shape index (κ1) is 25.9. The van der Waals surface area contributed by atoms with E-state index in [4.69, 9.17) is 5.73 Å². The van der Waals surface area contributed by atoms with Gasteiger partial charge in [-0.2, -0.15) is 0 Å². The highest BCUT2D eigenvalue weighted by atomic mass is 14.8. The van der Waals surface area contributed by atoms with Crippen LogP contribution in [0.25, 0.3) is 0 Å². The fraction of sp³-hybridized carbons (Fsp3) is 0.583. The maximum atomic E-state index is 6.15. The van der Waals surface area contributed by atoms with Crippen LogP contribution in [0.3, 0.4) is 0 Å². The summed E-state index contributed by atoms with van der Waals surface area (Å²) in [6.45, 7) is 0.775. The third-order valence-corrected chi connectivity index (χ3v) is 10.8. The molecule has 1 heterocycles. The lowest BCUT2D eigenvalue weighted by molar-refractivity contribution is 0.0473. The van der Waals surface area contributed by atoms with Crippen LogP contribution >= 0.6 is 0 Å². The highest BCUT2D eigenvalue weighted by Gasteiger charge is 2.42. The highest BCUT2D eigenvalue weighted by molar-refractivity contribution is 5.86. The monoisotopic (exact) mass is 508 g/mol. The van der Waals surface area contributed by atoms with Crippen LogP contribution < -0.4 is 5.73 Å². The normalized spacial score (nSPS) is 40.3. The predicted octanol–water partition coefficient (Wildman–Crippen LogP) is 8.67. The lowest BCUT2D eigenvalue weighted by atomic mass is 9.57. The molecule has 1 aliphatic heterocycles. The Kier molecular flexibility index (Phi) is 8.33. The van der Waals surface area contributed by atoms with Crippen molar-refractivity contribution in [3.05, 3.63) is 83.7 Å². The number of aliphatic imine (C=N–C) groups is 1. The Balaban J connectivity index is 1.05. The van der Waals surface area contributed by atoms with Gasteiger partial charge in [0.15, 0.2) is 0 Å². The van der Waals surface area contributed by atoms with E-state index < -0.39 is 0 Å². The molecule has 2 heteroatoms. The summed E-state index contributed by atoms with van der Waals surface area (Å²) in [6.07, 6.45) is 45.1. The molecule has 0 bridgehead atoms. The Hall–Kier alpha value is -2.35. The first-order chi connectivity index (χ1) is 18.8. The zero-order chi connectivity index (χ0) is 25.7. The highest BCUT2D eigenvalue weighted by Crippen LogP contribution is 2.51. The largest absolute Gasteiger partial charge is 0.398 e. The summed E-state index contributed by atoms with van der Waals surface area (Å²) in [7, 11) is 0. The average molecular weight is 509 g/mol. The maximum absolute atomic E-state index is 6.15. The van der Waals surface area contributed by atoms with Gasteiger partial charge in [-0.05, 0) is 117 Å². The smallest absolute Gasteiger partial charge is 0.0675 e. The van der Waals surface area contributed by atoms with Crippen LogP contribution in [-0.2, 0) is 0 Å². The van der Waals surface area contributed by atoms with Crippen molar-refractivity contribution in [1.29, 1.82) is 0 Å². The molecule has 0 saturated heterocycles. The van der Waals surface area contributed by atoms with E-state index in [9.17, 15) is 0 Å². The third-order valence-electron chi connectivity index (χ3n) is 10.8. The van der Waals surface area contributed by atoms with Gasteiger partial charge in [-0.3, -0.25) is 4.99 Å². The van der Waals surface area contributed by atoms with Crippen LogP contribution in [0.4, 0.5) is 0 Å². The molecule has 6 unspecified atom stereocenters. The van der Waals surface area contributed by atoms with Gasteiger partial charge >= 0.3 is 0 Å². The Morgan fingerprint density at radius 3 is 2.39 bits per heavy atom. The summed E-state index contributed by atoms with van der Waals surface area (Å²) in [4.78, 5) is 4.13. The van der Waals surface area contributed by atoms with E-state index in [1.165, 1.54) is 82.6 Å². The zero-order valence-corrected chi connectivity index (χ0v) is 23.3. The van der Waals surface area contributed by atoms with Crippen molar-refractivity contribution in [1.82, 2.24) is 0 Å². The molecule has 6 rings (SSSR count). The van der Waals surface area contributed by atoms with Gasteiger partial charge in [-0.25, -0.2) is 0 Å². The average Bonchev–Trinajstić information content (AvgIpc) is 2.95. The van der Waals surface area contributed by atoms with Gasteiger partial charge in [0.25, 0.3) is 0 Å². The second-order valence-electron chi connectivity index (χ2n) is 12.9. The fourth-order valence-electron chi connectivity index (χ4n) is 8.61. The summed E-state index contributed by atoms with van der Waals surface area (Å²) in [5, 5.41) is 0. The molecule has 6 aliphatic rings. The van der Waals surface area contributed by atoms with E-state index in [0.717, 1.165) is 53.7 Å². The fourth-order valence-corrected chi connectivity index (χ4v) is 8.61. The summed E-state index contributed by atoms with van der Waals surface area (Å²) >= 11 is 0. The first-order valence-electron chi connectivity index (χ1n) is 15.8. The minimum Gasteiger partial charge on any atom is -0.398 e. The number of nitrogens with zero attached hydrogens (tertiary/aromatic N) is 1. The van der Waals surface area contributed by atoms with E-state index in [-0.39, 0.29) is 0 Å². The number of fused-ring (bicyclic) bond motifs is 1. The van der Waals surface area contributed by atoms with Gasteiger partial charge in [0, 0.05) is 23.4 Å². The van der Waals surface area contributed by atoms with E-state index in [1.54, 1.807) is 5.57 Å². The molecule has 0 spiro atoms. The van der Waals surface area contributed by atoms with E-state index in [1.807, 2.05) is 12.3 Å². The predicted molar refractivity (Wildman–Crippen MR) is 162 cm³/mol. The number of rotatable bonds is 6. The van der Waals surface area contributed by atoms with Gasteiger partial charge in [0.2, 0.25) is 0 Å². The molecule has 8 atom stereocenters. The Morgan fingerprint density at radius 1 is 0.789 bits per heavy atom. The first-order valence-corrected chi connectivity index (χ1v) is 15.8. The van der Waals surface area contributed by atoms with E-state index in [0.29, 0.717) is 5.92 Å². The zero-order valence-electron chi connectivity index (χ0n) is 23.3. The second kappa shape index (κ2) is 12.2. The van der Waals surface area contributed by atoms with Crippen LogP contribution in [0.1, 0.15) is 77.0 Å². The third kappa shape index (κ3) is 5.80. The minimum atomic E-state index is 0.646. The van der Waals surface area contributed by atoms with Crippen LogP contribution in [0, 0.1) is 47.3 Å². The molecule has 0 radical (unpaired) electrons. The quantitative estimate of drug-likeness (QED) is 0.283. The maximum Gasteiger partial charge on any atom is 0.0675 e. The van der Waals surface area contributed by atoms with Crippen LogP contribution in [0.2, 0.25) is 0 Å². The van der Waals surface area contributed by atoms with Crippen molar-refractivity contribution in [3.63, 3.8) is 0 Å². The van der Waals surface area contributed by atoms with Gasteiger partial charge in [0.05, 0.1) is 6.54 Å². The number of allylic oxidation sites excluding steroid dienone is 12. The number of hydrogen-bond acceptors (Lipinski definition) is 2. The molecule has 202 valence electrons. The Morgan fingerprint density at radius 2 is 1.66 bits per heavy atom. The van der Waals surface area contributed by atoms with Crippen molar-refractivity contribution in [3.8, 4) is 0 Å². The molecule has 38 heavy (non-hydrogen) atoms. The molecule has 0 aromatic heterocycles. The lowest BCUT2D eigenvalue weighted by Crippen LogP contribution is -2.39. The second-order valence-corrected chi connectivity index (χ2v) is 12.9. The molecule has 0 aromatic rings. The molecule has 2 nitrogen and oxygen atoms in total. The van der Waals surface area contributed by atoms with Crippen molar-refractivity contribution < 1.29 is 0 Å². The van der Waals surface area contributed by atoms with Gasteiger partial charge in [-0.15, -0.1) is 0 Å². The summed E-state index contributed by atoms with van der Waals surface area (Å²) in [6, 6.07) is 0. The molecule has 2 N–H and O–H groups in total. The molecular formula is C36H48N2.